The van der Waals surface area contributed by atoms with E-state index < -0.39 is 11.5 Å². The highest BCUT2D eigenvalue weighted by molar-refractivity contribution is 6.10. The molecule has 0 aromatic heterocycles. The van der Waals surface area contributed by atoms with Crippen LogP contribution >= 0.6 is 0 Å². The Morgan fingerprint density at radius 3 is 2.09 bits per heavy atom. The lowest BCUT2D eigenvalue weighted by molar-refractivity contribution is -0.121. The number of carbonyl (C=O) groups excluding carboxylic acids is 1. The third kappa shape index (κ3) is 2.53. The van der Waals surface area contributed by atoms with Crippen LogP contribution < -0.4 is 10.1 Å². The molecule has 1 spiro atoms. The number of phenolic OH excluding ortho intramolecular Hbond substituents is 1. The third-order valence-electron chi connectivity index (χ3n) is 6.65. The summed E-state index contributed by atoms with van der Waals surface area (Å²) in [7, 11) is 0. The summed E-state index contributed by atoms with van der Waals surface area (Å²) in [6.07, 6.45) is -0.534. The van der Waals surface area contributed by atoms with Gasteiger partial charge in [0.2, 0.25) is 5.91 Å². The second-order valence-corrected chi connectivity index (χ2v) is 8.33. The summed E-state index contributed by atoms with van der Waals surface area (Å²) >= 11 is 0. The Kier molecular flexibility index (Phi) is 4.08. The number of carbonyl (C=O) groups is 1. The van der Waals surface area contributed by atoms with Crippen LogP contribution in [0.15, 0.2) is 103 Å². The van der Waals surface area contributed by atoms with E-state index in [0.29, 0.717) is 11.3 Å². The second kappa shape index (κ2) is 6.99. The molecule has 32 heavy (non-hydrogen) atoms. The molecule has 4 aromatic carbocycles. The minimum Gasteiger partial charge on any atom is -0.508 e. The molecule has 2 aliphatic rings. The van der Waals surface area contributed by atoms with Gasteiger partial charge in [0.1, 0.15) is 23.0 Å². The monoisotopic (exact) mass is 419 g/mol. The first-order valence-corrected chi connectivity index (χ1v) is 10.7. The Morgan fingerprint density at radius 1 is 0.781 bits per heavy atom. The molecule has 0 aliphatic carbocycles. The van der Waals surface area contributed by atoms with Crippen molar-refractivity contribution >= 4 is 11.6 Å². The largest absolute Gasteiger partial charge is 0.508 e. The number of rotatable bonds is 3. The number of ether oxygens (including phenoxy) is 1. The smallest absolute Gasteiger partial charge is 0.243 e. The Balaban J connectivity index is 1.66. The van der Waals surface area contributed by atoms with Crippen molar-refractivity contribution in [3.63, 3.8) is 0 Å². The summed E-state index contributed by atoms with van der Waals surface area (Å²) < 4.78 is 6.63. The number of phenols is 1. The van der Waals surface area contributed by atoms with Gasteiger partial charge in [-0.15, -0.1) is 0 Å². The van der Waals surface area contributed by atoms with Crippen molar-refractivity contribution in [3.05, 3.63) is 125 Å². The van der Waals surface area contributed by atoms with Crippen molar-refractivity contribution in [1.82, 2.24) is 0 Å². The fraction of sp³-hybridized carbons (Fsp3) is 0.107. The zero-order chi connectivity index (χ0) is 21.7. The van der Waals surface area contributed by atoms with Crippen LogP contribution in [0.5, 0.6) is 11.5 Å². The molecule has 0 saturated carbocycles. The van der Waals surface area contributed by atoms with Crippen molar-refractivity contribution in [3.8, 4) is 11.5 Å². The van der Waals surface area contributed by atoms with Crippen LogP contribution in [-0.4, -0.2) is 17.1 Å². The summed E-state index contributed by atoms with van der Waals surface area (Å²) in [6, 6.07) is 33.1. The number of amides is 1. The topological polar surface area (TPSA) is 58.6 Å². The quantitative estimate of drug-likeness (QED) is 0.478. The molecule has 0 saturated heterocycles. The van der Waals surface area contributed by atoms with E-state index in [2.05, 4.69) is 29.6 Å². The number of para-hydroxylation sites is 1. The molecule has 4 nitrogen and oxygen atoms in total. The molecule has 156 valence electrons. The van der Waals surface area contributed by atoms with Crippen LogP contribution in [0.25, 0.3) is 0 Å². The maximum absolute atomic E-state index is 13.8. The van der Waals surface area contributed by atoms with Crippen LogP contribution in [0.3, 0.4) is 0 Å². The van der Waals surface area contributed by atoms with Crippen LogP contribution in [0.2, 0.25) is 0 Å². The number of anilines is 1. The average Bonchev–Trinajstić information content (AvgIpc) is 3.31. The van der Waals surface area contributed by atoms with Crippen molar-refractivity contribution in [2.45, 2.75) is 17.4 Å². The summed E-state index contributed by atoms with van der Waals surface area (Å²) in [5.74, 6) is 0.394. The van der Waals surface area contributed by atoms with E-state index >= 15 is 0 Å². The Morgan fingerprint density at radius 2 is 1.41 bits per heavy atom. The lowest BCUT2D eigenvalue weighted by atomic mass is 9.66. The number of nitrogens with one attached hydrogen (secondary N) is 1. The van der Waals surface area contributed by atoms with Crippen molar-refractivity contribution < 1.29 is 14.6 Å². The summed E-state index contributed by atoms with van der Waals surface area (Å²) in [5.41, 5.74) is 3.40. The maximum Gasteiger partial charge on any atom is 0.243 e. The van der Waals surface area contributed by atoms with Gasteiger partial charge in [0.05, 0.1) is 0 Å². The SMILES string of the molecule is O=C1Nc2ccccc2C12c1cc(O)ccc1O[C@@H]2C(c1ccccc1)c1ccccc1. The first-order chi connectivity index (χ1) is 15.7. The van der Waals surface area contributed by atoms with Crippen LogP contribution in [0.1, 0.15) is 28.2 Å². The molecule has 0 fully saturated rings. The zero-order valence-electron chi connectivity index (χ0n) is 17.2. The fourth-order valence-corrected chi connectivity index (χ4v) is 5.32. The van der Waals surface area contributed by atoms with Crippen LogP contribution in [0.4, 0.5) is 5.69 Å². The van der Waals surface area contributed by atoms with Gasteiger partial charge in [-0.25, -0.2) is 0 Å². The zero-order valence-corrected chi connectivity index (χ0v) is 17.2. The molecule has 0 radical (unpaired) electrons. The third-order valence-corrected chi connectivity index (χ3v) is 6.65. The number of hydrogen-bond acceptors (Lipinski definition) is 3. The molecule has 4 aromatic rings. The Hall–Kier alpha value is -4.05. The van der Waals surface area contributed by atoms with Crippen LogP contribution in [-0.2, 0) is 10.2 Å². The molecule has 4 heteroatoms. The van der Waals surface area contributed by atoms with Gasteiger partial charge in [0.25, 0.3) is 0 Å². The predicted octanol–water partition coefficient (Wildman–Crippen LogP) is 5.22. The molecular formula is C28H21NO3. The van der Waals surface area contributed by atoms with E-state index in [1.807, 2.05) is 60.7 Å². The molecule has 1 amide bonds. The van der Waals surface area contributed by atoms with Gasteiger partial charge < -0.3 is 15.2 Å². The molecule has 6 rings (SSSR count). The van der Waals surface area contributed by atoms with Gasteiger partial charge in [0, 0.05) is 17.2 Å². The number of fused-ring (bicyclic) bond motifs is 4. The number of benzene rings is 4. The highest BCUT2D eigenvalue weighted by Gasteiger charge is 2.62. The van der Waals surface area contributed by atoms with E-state index in [1.165, 1.54) is 0 Å². The van der Waals surface area contributed by atoms with Crippen LogP contribution in [0, 0.1) is 0 Å². The summed E-state index contributed by atoms with van der Waals surface area (Å²) in [6.45, 7) is 0. The molecule has 2 N–H and O–H groups in total. The maximum atomic E-state index is 13.8. The van der Waals surface area contributed by atoms with Crippen molar-refractivity contribution in [2.75, 3.05) is 5.32 Å². The van der Waals surface area contributed by atoms with Crippen molar-refractivity contribution in [1.29, 1.82) is 0 Å². The number of hydrogen-bond donors (Lipinski definition) is 2. The summed E-state index contributed by atoms with van der Waals surface area (Å²) in [5, 5.41) is 13.4. The van der Waals surface area contributed by atoms with E-state index in [1.54, 1.807) is 18.2 Å². The highest BCUT2D eigenvalue weighted by atomic mass is 16.5. The standard InChI is InChI=1S/C28H21NO3/c30-20-15-16-24-22(17-20)28(21-13-7-8-14-23(21)29-27(28)31)26(32-24)25(18-9-3-1-4-10-18)19-11-5-2-6-12-19/h1-17,25-26,30H,(H,29,31)/t26-,28?/m1/s1. The first-order valence-electron chi connectivity index (χ1n) is 10.7. The summed E-state index contributed by atoms with van der Waals surface area (Å²) in [4.78, 5) is 13.8. The van der Waals surface area contributed by atoms with Crippen molar-refractivity contribution in [2.24, 2.45) is 0 Å². The minimum atomic E-state index is -1.08. The lowest BCUT2D eigenvalue weighted by Crippen LogP contribution is -2.48. The highest BCUT2D eigenvalue weighted by Crippen LogP contribution is 2.57. The molecule has 2 aliphatic heterocycles. The Bertz CT molecular complexity index is 1280. The predicted molar refractivity (Wildman–Crippen MR) is 123 cm³/mol. The van der Waals surface area contributed by atoms with E-state index in [0.717, 1.165) is 22.4 Å². The molecular weight excluding hydrogens is 398 g/mol. The molecule has 0 bridgehead atoms. The van der Waals surface area contributed by atoms with Gasteiger partial charge in [-0.2, -0.15) is 0 Å². The normalized spacial score (nSPS) is 20.7. The van der Waals surface area contributed by atoms with Gasteiger partial charge in [-0.3, -0.25) is 4.79 Å². The molecule has 2 heterocycles. The van der Waals surface area contributed by atoms with E-state index in [4.69, 9.17) is 4.74 Å². The first kappa shape index (κ1) is 18.7. The fourth-order valence-electron chi connectivity index (χ4n) is 5.32. The van der Waals surface area contributed by atoms with Gasteiger partial charge in [-0.05, 0) is 41.0 Å². The van der Waals surface area contributed by atoms with E-state index in [9.17, 15) is 9.90 Å². The Labute approximate surface area is 186 Å². The lowest BCUT2D eigenvalue weighted by Gasteiger charge is -2.35. The second-order valence-electron chi connectivity index (χ2n) is 8.33. The average molecular weight is 419 g/mol. The molecule has 1 unspecified atom stereocenters. The minimum absolute atomic E-state index is 0.112. The molecule has 2 atom stereocenters. The van der Waals surface area contributed by atoms with Gasteiger partial charge in [0.15, 0.2) is 0 Å². The van der Waals surface area contributed by atoms with Gasteiger partial charge >= 0.3 is 0 Å². The van der Waals surface area contributed by atoms with Gasteiger partial charge in [-0.1, -0.05) is 78.9 Å². The number of aromatic hydroxyl groups is 1. The van der Waals surface area contributed by atoms with E-state index in [-0.39, 0.29) is 17.6 Å².